The second-order valence-corrected chi connectivity index (χ2v) is 12.4. The number of halogens is 3. The zero-order chi connectivity index (χ0) is 29.6. The van der Waals surface area contributed by atoms with Crippen LogP contribution in [0.2, 0.25) is 15.1 Å². The summed E-state index contributed by atoms with van der Waals surface area (Å²) < 4.78 is 29.0. The smallest absolute Gasteiger partial charge is 0.264 e. The van der Waals surface area contributed by atoms with E-state index in [0.29, 0.717) is 39.2 Å². The summed E-state index contributed by atoms with van der Waals surface area (Å²) in [6.45, 7) is 6.94. The zero-order valence-corrected chi connectivity index (χ0v) is 25.8. The van der Waals surface area contributed by atoms with Gasteiger partial charge < -0.3 is 10.2 Å². The number of hydrogen-bond acceptors (Lipinski definition) is 4. The molecule has 2 amide bonds. The van der Waals surface area contributed by atoms with Crippen LogP contribution in [0.3, 0.4) is 0 Å². The zero-order valence-electron chi connectivity index (χ0n) is 22.7. The van der Waals surface area contributed by atoms with Crippen molar-refractivity contribution in [2.45, 2.75) is 51.6 Å². The number of likely N-dealkylation sites (N-methyl/N-ethyl adjacent to an activating group) is 1. The van der Waals surface area contributed by atoms with E-state index in [0.717, 1.165) is 9.87 Å². The van der Waals surface area contributed by atoms with Crippen molar-refractivity contribution in [3.05, 3.63) is 92.4 Å². The highest BCUT2D eigenvalue weighted by molar-refractivity contribution is 7.92. The molecule has 0 aromatic heterocycles. The molecule has 0 fully saturated rings. The third kappa shape index (κ3) is 7.29. The molecule has 3 aromatic carbocycles. The van der Waals surface area contributed by atoms with Crippen LogP contribution in [-0.4, -0.2) is 44.3 Å². The highest BCUT2D eigenvalue weighted by Gasteiger charge is 2.34. The third-order valence-electron chi connectivity index (χ3n) is 6.47. The Balaban J connectivity index is 2.11. The Bertz CT molecular complexity index is 1480. The molecule has 0 aliphatic heterocycles. The lowest BCUT2D eigenvalue weighted by molar-refractivity contribution is -0.140. The molecule has 7 nitrogen and oxygen atoms in total. The molecule has 0 saturated heterocycles. The maximum atomic E-state index is 14.1. The van der Waals surface area contributed by atoms with Crippen LogP contribution in [0.5, 0.6) is 0 Å². The summed E-state index contributed by atoms with van der Waals surface area (Å²) in [4.78, 5) is 28.5. The van der Waals surface area contributed by atoms with E-state index in [9.17, 15) is 18.0 Å². The van der Waals surface area contributed by atoms with Gasteiger partial charge in [0.15, 0.2) is 0 Å². The van der Waals surface area contributed by atoms with E-state index in [4.69, 9.17) is 34.8 Å². The second kappa shape index (κ2) is 13.7. The fourth-order valence-electron chi connectivity index (χ4n) is 4.26. The molecule has 0 heterocycles. The molecule has 40 heavy (non-hydrogen) atoms. The monoisotopic (exact) mass is 623 g/mol. The van der Waals surface area contributed by atoms with Crippen molar-refractivity contribution in [1.29, 1.82) is 0 Å². The molecule has 0 aliphatic rings. The molecule has 3 aromatic rings. The van der Waals surface area contributed by atoms with Crippen molar-refractivity contribution in [3.8, 4) is 0 Å². The Labute approximate surface area is 251 Å². The van der Waals surface area contributed by atoms with Crippen LogP contribution in [0, 0.1) is 13.8 Å². The molecule has 0 saturated carbocycles. The molecule has 1 atom stereocenters. The van der Waals surface area contributed by atoms with E-state index < -0.39 is 28.5 Å². The summed E-state index contributed by atoms with van der Waals surface area (Å²) in [5, 5.41) is 3.78. The van der Waals surface area contributed by atoms with E-state index >= 15 is 0 Å². The number of rotatable bonds is 11. The van der Waals surface area contributed by atoms with E-state index in [1.165, 1.54) is 17.0 Å². The second-order valence-electron chi connectivity index (χ2n) is 9.30. The number of aryl methyl sites for hydroxylation is 1. The minimum atomic E-state index is -4.20. The maximum Gasteiger partial charge on any atom is 0.264 e. The van der Waals surface area contributed by atoms with Gasteiger partial charge in [0, 0.05) is 18.1 Å². The molecule has 0 bridgehead atoms. The molecular formula is C29H32Cl3N3O4S. The quantitative estimate of drug-likeness (QED) is 0.267. The van der Waals surface area contributed by atoms with Gasteiger partial charge in [-0.3, -0.25) is 13.9 Å². The standard InChI is InChI=1S/C29H32Cl3N3O4S/c1-5-26(29(37)33-6-2)34(17-21-12-15-24(31)25(32)16-21)28(36)18-35(27-9-7-8-23(30)20(27)4)40(38,39)22-13-10-19(3)11-14-22/h7-16,26H,5-6,17-18H2,1-4H3,(H,33,37)/t26-/m1/s1. The van der Waals surface area contributed by atoms with Crippen molar-refractivity contribution in [2.75, 3.05) is 17.4 Å². The first-order valence-electron chi connectivity index (χ1n) is 12.8. The van der Waals surface area contributed by atoms with Gasteiger partial charge in [0.1, 0.15) is 12.6 Å². The topological polar surface area (TPSA) is 86.8 Å². The minimum Gasteiger partial charge on any atom is -0.355 e. The summed E-state index contributed by atoms with van der Waals surface area (Å²) in [6, 6.07) is 15.3. The number of nitrogens with one attached hydrogen (secondary N) is 1. The van der Waals surface area contributed by atoms with Gasteiger partial charge in [-0.25, -0.2) is 8.42 Å². The van der Waals surface area contributed by atoms with Gasteiger partial charge in [-0.05, 0) is 74.7 Å². The van der Waals surface area contributed by atoms with Crippen LogP contribution in [0.25, 0.3) is 0 Å². The average Bonchev–Trinajstić information content (AvgIpc) is 2.91. The molecule has 0 unspecified atom stereocenters. The van der Waals surface area contributed by atoms with Crippen LogP contribution in [0.4, 0.5) is 5.69 Å². The summed E-state index contributed by atoms with van der Waals surface area (Å²) >= 11 is 18.7. The van der Waals surface area contributed by atoms with Crippen LogP contribution in [0.15, 0.2) is 65.6 Å². The van der Waals surface area contributed by atoms with Crippen molar-refractivity contribution in [2.24, 2.45) is 0 Å². The Morgan fingerprint density at radius 2 is 1.57 bits per heavy atom. The maximum absolute atomic E-state index is 14.1. The van der Waals surface area contributed by atoms with Crippen molar-refractivity contribution in [3.63, 3.8) is 0 Å². The lowest BCUT2D eigenvalue weighted by Gasteiger charge is -2.33. The number of amides is 2. The Kier molecular flexibility index (Phi) is 10.9. The number of sulfonamides is 1. The van der Waals surface area contributed by atoms with Crippen molar-refractivity contribution >= 4 is 62.3 Å². The number of hydrogen-bond donors (Lipinski definition) is 1. The Hall–Kier alpha value is -2.78. The average molecular weight is 625 g/mol. The number of carbonyl (C=O) groups excluding carboxylic acids is 2. The molecule has 0 spiro atoms. The van der Waals surface area contributed by atoms with Gasteiger partial charge in [0.05, 0.1) is 20.6 Å². The van der Waals surface area contributed by atoms with Crippen LogP contribution in [0.1, 0.15) is 37.0 Å². The Morgan fingerprint density at radius 1 is 0.900 bits per heavy atom. The van der Waals surface area contributed by atoms with Crippen LogP contribution in [-0.2, 0) is 26.2 Å². The van der Waals surface area contributed by atoms with Gasteiger partial charge in [-0.2, -0.15) is 0 Å². The third-order valence-corrected chi connectivity index (χ3v) is 9.39. The molecule has 1 N–H and O–H groups in total. The van der Waals surface area contributed by atoms with Gasteiger partial charge in [0.25, 0.3) is 10.0 Å². The lowest BCUT2D eigenvalue weighted by atomic mass is 10.1. The SMILES string of the molecule is CCNC(=O)[C@@H](CC)N(Cc1ccc(Cl)c(Cl)c1)C(=O)CN(c1cccc(Cl)c1C)S(=O)(=O)c1ccc(C)cc1. The normalized spacial score (nSPS) is 12.1. The molecule has 0 radical (unpaired) electrons. The summed E-state index contributed by atoms with van der Waals surface area (Å²) in [6.07, 6.45) is 0.305. The van der Waals surface area contributed by atoms with Gasteiger partial charge >= 0.3 is 0 Å². The van der Waals surface area contributed by atoms with Gasteiger partial charge in [0.2, 0.25) is 11.8 Å². The predicted octanol–water partition coefficient (Wildman–Crippen LogP) is 6.40. The van der Waals surface area contributed by atoms with Gasteiger partial charge in [-0.15, -0.1) is 0 Å². The van der Waals surface area contributed by atoms with E-state index in [1.54, 1.807) is 69.3 Å². The minimum absolute atomic E-state index is 0.0122. The number of nitrogens with zero attached hydrogens (tertiary/aromatic N) is 2. The van der Waals surface area contributed by atoms with Crippen molar-refractivity contribution < 1.29 is 18.0 Å². The lowest BCUT2D eigenvalue weighted by Crippen LogP contribution is -2.52. The molecule has 3 rings (SSSR count). The van der Waals surface area contributed by atoms with Crippen molar-refractivity contribution in [1.82, 2.24) is 10.2 Å². The molecular weight excluding hydrogens is 593 g/mol. The summed E-state index contributed by atoms with van der Waals surface area (Å²) in [7, 11) is -4.20. The molecule has 11 heteroatoms. The summed E-state index contributed by atoms with van der Waals surface area (Å²) in [5.74, 6) is -0.912. The first-order valence-corrected chi connectivity index (χ1v) is 15.3. The molecule has 0 aliphatic carbocycles. The van der Waals surface area contributed by atoms with Crippen LogP contribution >= 0.6 is 34.8 Å². The predicted molar refractivity (Wildman–Crippen MR) is 162 cm³/mol. The van der Waals surface area contributed by atoms with E-state index in [1.807, 2.05) is 6.92 Å². The number of anilines is 1. The van der Waals surface area contributed by atoms with E-state index in [2.05, 4.69) is 5.32 Å². The van der Waals surface area contributed by atoms with Crippen LogP contribution < -0.4 is 9.62 Å². The summed E-state index contributed by atoms with van der Waals surface area (Å²) in [5.41, 5.74) is 2.29. The largest absolute Gasteiger partial charge is 0.355 e. The van der Waals surface area contributed by atoms with Gasteiger partial charge in [-0.1, -0.05) is 71.6 Å². The fourth-order valence-corrected chi connectivity index (χ4v) is 6.23. The highest BCUT2D eigenvalue weighted by atomic mass is 35.5. The molecule has 214 valence electrons. The first kappa shape index (κ1) is 31.7. The van der Waals surface area contributed by atoms with E-state index in [-0.39, 0.29) is 23.0 Å². The highest BCUT2D eigenvalue weighted by Crippen LogP contribution is 2.32. The fraction of sp³-hybridized carbons (Fsp3) is 0.310. The first-order chi connectivity index (χ1) is 18.9. The Morgan fingerprint density at radius 3 is 2.17 bits per heavy atom. The number of carbonyl (C=O) groups is 2. The number of benzene rings is 3.